The standard InChI is InChI=1S/C35H54N2O8/c1-6-22(3)34(41)45-31-16-21(2)15-25-9-7-23(4)28(33(25)31)11-10-27-18-26(19-32(40)36-13-14-38)37(35(42)44-27)20-24-8-12-29(39)30(17-24)43-5/h8,12,17,21-23,25-28,31,33,38-39H,6-7,9-11,13-16,18-20H2,1-5H3,(H,36,40). The second-order valence-electron chi connectivity index (χ2n) is 13.8. The number of phenols is 1. The molecule has 1 saturated heterocycles. The number of esters is 1. The molecule has 4 rings (SSSR count). The number of methoxy groups -OCH3 is 1. The zero-order valence-electron chi connectivity index (χ0n) is 27.7. The van der Waals surface area contributed by atoms with Crippen LogP contribution < -0.4 is 10.1 Å². The maximum absolute atomic E-state index is 13.5. The fourth-order valence-corrected chi connectivity index (χ4v) is 7.95. The van der Waals surface area contributed by atoms with Crippen molar-refractivity contribution in [2.75, 3.05) is 20.3 Å². The Morgan fingerprint density at radius 1 is 1.16 bits per heavy atom. The monoisotopic (exact) mass is 630 g/mol. The molecular weight excluding hydrogens is 576 g/mol. The molecule has 1 heterocycles. The molecule has 0 aromatic heterocycles. The van der Waals surface area contributed by atoms with E-state index in [1.54, 1.807) is 17.0 Å². The van der Waals surface area contributed by atoms with Crippen LogP contribution in [0.25, 0.3) is 0 Å². The molecule has 1 aromatic rings. The van der Waals surface area contributed by atoms with Crippen LogP contribution in [-0.2, 0) is 25.6 Å². The third-order valence-corrected chi connectivity index (χ3v) is 10.6. The molecule has 3 N–H and O–H groups in total. The van der Waals surface area contributed by atoms with Crippen LogP contribution in [0.4, 0.5) is 4.79 Å². The Morgan fingerprint density at radius 2 is 1.93 bits per heavy atom. The van der Waals surface area contributed by atoms with Gasteiger partial charge in [0, 0.05) is 37.9 Å². The van der Waals surface area contributed by atoms with Gasteiger partial charge in [-0.2, -0.15) is 0 Å². The molecule has 2 amide bonds. The quantitative estimate of drug-likeness (QED) is 0.246. The number of hydrogen-bond acceptors (Lipinski definition) is 8. The second-order valence-corrected chi connectivity index (χ2v) is 13.8. The molecule has 45 heavy (non-hydrogen) atoms. The summed E-state index contributed by atoms with van der Waals surface area (Å²) in [5.74, 6) is 2.06. The van der Waals surface area contributed by atoms with Crippen LogP contribution >= 0.6 is 0 Å². The molecule has 1 aliphatic heterocycles. The molecule has 0 bridgehead atoms. The van der Waals surface area contributed by atoms with Crippen molar-refractivity contribution in [3.05, 3.63) is 23.8 Å². The van der Waals surface area contributed by atoms with Crippen molar-refractivity contribution in [1.82, 2.24) is 10.2 Å². The van der Waals surface area contributed by atoms with Crippen molar-refractivity contribution in [2.45, 2.75) is 110 Å². The molecule has 3 fully saturated rings. The van der Waals surface area contributed by atoms with E-state index in [1.807, 2.05) is 13.8 Å². The van der Waals surface area contributed by atoms with Crippen molar-refractivity contribution in [1.29, 1.82) is 0 Å². The van der Waals surface area contributed by atoms with Crippen LogP contribution in [0.1, 0.15) is 91.0 Å². The maximum atomic E-state index is 13.5. The average molecular weight is 631 g/mol. The Hall–Kier alpha value is -3.01. The van der Waals surface area contributed by atoms with Gasteiger partial charge < -0.3 is 34.6 Å². The number of fused-ring (bicyclic) bond motifs is 1. The molecule has 10 heteroatoms. The first kappa shape index (κ1) is 34.9. The number of carbonyl (C=O) groups excluding carboxylic acids is 3. The number of hydrogen-bond donors (Lipinski definition) is 3. The molecule has 10 nitrogen and oxygen atoms in total. The average Bonchev–Trinajstić information content (AvgIpc) is 3.01. The summed E-state index contributed by atoms with van der Waals surface area (Å²) in [6, 6.07) is 4.52. The Labute approximate surface area is 268 Å². The molecule has 9 unspecified atom stereocenters. The lowest BCUT2D eigenvalue weighted by atomic mass is 9.58. The lowest BCUT2D eigenvalue weighted by Gasteiger charge is -2.50. The number of benzene rings is 1. The van der Waals surface area contributed by atoms with Gasteiger partial charge in [-0.05, 0) is 79.9 Å². The van der Waals surface area contributed by atoms with Crippen molar-refractivity contribution >= 4 is 18.0 Å². The molecule has 3 aliphatic rings. The van der Waals surface area contributed by atoms with Crippen molar-refractivity contribution in [2.24, 2.45) is 35.5 Å². The van der Waals surface area contributed by atoms with Crippen LogP contribution in [0.15, 0.2) is 18.2 Å². The van der Waals surface area contributed by atoms with Gasteiger partial charge in [-0.1, -0.05) is 40.2 Å². The number of carbonyl (C=O) groups is 3. The lowest BCUT2D eigenvalue weighted by molar-refractivity contribution is -0.167. The zero-order valence-corrected chi connectivity index (χ0v) is 27.7. The zero-order chi connectivity index (χ0) is 32.7. The number of aliphatic hydroxyl groups excluding tert-OH is 1. The van der Waals surface area contributed by atoms with Crippen molar-refractivity contribution in [3.8, 4) is 11.5 Å². The fourth-order valence-electron chi connectivity index (χ4n) is 7.95. The number of amides is 2. The summed E-state index contributed by atoms with van der Waals surface area (Å²) in [5, 5.41) is 21.9. The van der Waals surface area contributed by atoms with Gasteiger partial charge in [0.25, 0.3) is 0 Å². The molecule has 0 spiro atoms. The molecule has 0 radical (unpaired) electrons. The smallest absolute Gasteiger partial charge is 0.410 e. The van der Waals surface area contributed by atoms with Gasteiger partial charge in [0.15, 0.2) is 11.5 Å². The number of ether oxygens (including phenoxy) is 3. The van der Waals surface area contributed by atoms with Crippen LogP contribution in [0.3, 0.4) is 0 Å². The Morgan fingerprint density at radius 3 is 2.64 bits per heavy atom. The minimum absolute atomic E-state index is 0.00551. The first-order valence-electron chi connectivity index (χ1n) is 17.0. The lowest BCUT2D eigenvalue weighted by Crippen LogP contribution is -2.51. The molecule has 252 valence electrons. The van der Waals surface area contributed by atoms with Gasteiger partial charge in [0.2, 0.25) is 5.91 Å². The summed E-state index contributed by atoms with van der Waals surface area (Å²) in [5.41, 5.74) is 0.743. The molecule has 9 atom stereocenters. The van der Waals surface area contributed by atoms with E-state index in [9.17, 15) is 24.6 Å². The number of nitrogens with one attached hydrogen (secondary N) is 1. The van der Waals surface area contributed by atoms with Crippen molar-refractivity contribution < 1.29 is 38.8 Å². The summed E-state index contributed by atoms with van der Waals surface area (Å²) in [7, 11) is 1.47. The van der Waals surface area contributed by atoms with Crippen molar-refractivity contribution in [3.63, 3.8) is 0 Å². The molecule has 2 saturated carbocycles. The second kappa shape index (κ2) is 16.0. The fraction of sp³-hybridized carbons (Fsp3) is 0.743. The van der Waals surface area contributed by atoms with Crippen LogP contribution in [0.2, 0.25) is 0 Å². The Kier molecular flexibility index (Phi) is 12.4. The van der Waals surface area contributed by atoms with Gasteiger partial charge in [-0.3, -0.25) is 9.59 Å². The van der Waals surface area contributed by atoms with Gasteiger partial charge in [-0.25, -0.2) is 4.79 Å². The van der Waals surface area contributed by atoms with Gasteiger partial charge in [-0.15, -0.1) is 0 Å². The Bertz CT molecular complexity index is 1160. The molecule has 2 aliphatic carbocycles. The van der Waals surface area contributed by atoms with E-state index in [0.29, 0.717) is 48.2 Å². The normalized spacial score (nSPS) is 30.5. The van der Waals surface area contributed by atoms with E-state index in [-0.39, 0.29) is 61.9 Å². The predicted molar refractivity (Wildman–Crippen MR) is 169 cm³/mol. The van der Waals surface area contributed by atoms with Gasteiger partial charge in [0.05, 0.1) is 19.6 Å². The van der Waals surface area contributed by atoms with E-state index in [0.717, 1.165) is 44.1 Å². The highest BCUT2D eigenvalue weighted by Gasteiger charge is 2.47. The highest BCUT2D eigenvalue weighted by molar-refractivity contribution is 5.78. The van der Waals surface area contributed by atoms with Gasteiger partial charge >= 0.3 is 12.1 Å². The summed E-state index contributed by atoms with van der Waals surface area (Å²) >= 11 is 0. The van der Waals surface area contributed by atoms with E-state index >= 15 is 0 Å². The van der Waals surface area contributed by atoms with Crippen LogP contribution in [-0.4, -0.2) is 71.6 Å². The minimum Gasteiger partial charge on any atom is -0.504 e. The number of cyclic esters (lactones) is 1. The van der Waals surface area contributed by atoms with Gasteiger partial charge in [0.1, 0.15) is 12.2 Å². The first-order chi connectivity index (χ1) is 21.5. The minimum atomic E-state index is -0.473. The third-order valence-electron chi connectivity index (χ3n) is 10.6. The van der Waals surface area contributed by atoms with E-state index in [1.165, 1.54) is 13.2 Å². The highest BCUT2D eigenvalue weighted by atomic mass is 16.6. The number of nitrogens with zero attached hydrogens (tertiary/aromatic N) is 1. The van der Waals surface area contributed by atoms with E-state index in [2.05, 4.69) is 19.2 Å². The van der Waals surface area contributed by atoms with Crippen LogP contribution in [0, 0.1) is 35.5 Å². The number of phenolic OH excluding ortho intramolecular Hbond substituents is 1. The SMILES string of the molecule is CCC(C)C(=O)OC1CC(C)CC2CCC(C)C(CCC3CC(CC(=O)NCCO)N(Cc4ccc(O)c(OC)c4)C(=O)O3)C21. The van der Waals surface area contributed by atoms with E-state index < -0.39 is 12.1 Å². The first-order valence-corrected chi connectivity index (χ1v) is 17.0. The molecule has 1 aromatic carbocycles. The molecular formula is C35H54N2O8. The largest absolute Gasteiger partial charge is 0.504 e. The predicted octanol–water partition coefficient (Wildman–Crippen LogP) is 5.43. The summed E-state index contributed by atoms with van der Waals surface area (Å²) in [6.07, 6.45) is 6.38. The maximum Gasteiger partial charge on any atom is 0.410 e. The topological polar surface area (TPSA) is 135 Å². The Balaban J connectivity index is 1.48. The van der Waals surface area contributed by atoms with Crippen LogP contribution in [0.5, 0.6) is 11.5 Å². The van der Waals surface area contributed by atoms with E-state index in [4.69, 9.17) is 14.2 Å². The summed E-state index contributed by atoms with van der Waals surface area (Å²) < 4.78 is 17.5. The summed E-state index contributed by atoms with van der Waals surface area (Å²) in [6.45, 7) is 8.72. The third kappa shape index (κ3) is 8.83. The number of aromatic hydroxyl groups is 1. The highest BCUT2D eigenvalue weighted by Crippen LogP contribution is 2.51. The number of rotatable bonds is 13. The number of aliphatic hydroxyl groups is 1. The summed E-state index contributed by atoms with van der Waals surface area (Å²) in [4.78, 5) is 40.7.